The van der Waals surface area contributed by atoms with E-state index < -0.39 is 5.97 Å². The summed E-state index contributed by atoms with van der Waals surface area (Å²) in [6.45, 7) is 4.93. The van der Waals surface area contributed by atoms with Gasteiger partial charge in [-0.15, -0.1) is 0 Å². The minimum Gasteiger partial charge on any atom is -0.481 e. The van der Waals surface area contributed by atoms with Gasteiger partial charge in [0.1, 0.15) is 0 Å². The van der Waals surface area contributed by atoms with Crippen LogP contribution in [0.2, 0.25) is 0 Å². The highest BCUT2D eigenvalue weighted by Crippen LogP contribution is 2.19. The molecule has 6 heteroatoms. The molecule has 1 aromatic heterocycles. The number of aromatic nitrogens is 2. The van der Waals surface area contributed by atoms with Crippen molar-refractivity contribution in [1.82, 2.24) is 9.55 Å². The van der Waals surface area contributed by atoms with Gasteiger partial charge in [0.15, 0.2) is 5.16 Å². The highest BCUT2D eigenvalue weighted by molar-refractivity contribution is 7.99. The Morgan fingerprint density at radius 1 is 1.69 bits per heavy atom. The van der Waals surface area contributed by atoms with Crippen LogP contribution >= 0.6 is 23.5 Å². The van der Waals surface area contributed by atoms with Gasteiger partial charge in [0.2, 0.25) is 0 Å². The third-order valence-electron chi connectivity index (χ3n) is 2.04. The monoisotopic (exact) mass is 260 g/mol. The van der Waals surface area contributed by atoms with E-state index in [0.29, 0.717) is 5.25 Å². The molecule has 0 saturated heterocycles. The average molecular weight is 260 g/mol. The first kappa shape index (κ1) is 13.4. The zero-order chi connectivity index (χ0) is 12.1. The zero-order valence-corrected chi connectivity index (χ0v) is 11.3. The van der Waals surface area contributed by atoms with Crippen molar-refractivity contribution in [2.75, 3.05) is 12.0 Å². The Morgan fingerprint density at radius 2 is 2.38 bits per heavy atom. The van der Waals surface area contributed by atoms with Gasteiger partial charge >= 0.3 is 5.97 Å². The number of hydrogen-bond donors (Lipinski definition) is 1. The normalized spacial score (nSPS) is 12.7. The van der Waals surface area contributed by atoms with Crippen LogP contribution in [0.4, 0.5) is 0 Å². The van der Waals surface area contributed by atoms with Crippen molar-refractivity contribution in [2.24, 2.45) is 0 Å². The van der Waals surface area contributed by atoms with Gasteiger partial charge in [0.05, 0.1) is 11.4 Å². The first-order valence-corrected chi connectivity index (χ1v) is 7.21. The fourth-order valence-electron chi connectivity index (χ4n) is 1.25. The summed E-state index contributed by atoms with van der Waals surface area (Å²) < 4.78 is 2.03. The van der Waals surface area contributed by atoms with Crippen LogP contribution in [-0.4, -0.2) is 37.9 Å². The first-order valence-electron chi connectivity index (χ1n) is 4.94. The third kappa shape index (κ3) is 4.09. The molecule has 0 aromatic carbocycles. The SMILES string of the molecule is CSC(C)Cn1cc(C)nc1SCC(=O)O. The second-order valence-corrected chi connectivity index (χ2v) is 5.76. The van der Waals surface area contributed by atoms with Crippen molar-refractivity contribution in [3.8, 4) is 0 Å². The second kappa shape index (κ2) is 6.20. The molecule has 1 N–H and O–H groups in total. The Labute approximate surface area is 104 Å². The van der Waals surface area contributed by atoms with Crippen LogP contribution in [0.3, 0.4) is 0 Å². The summed E-state index contributed by atoms with van der Waals surface area (Å²) in [5.41, 5.74) is 0.932. The molecule has 90 valence electrons. The molecule has 1 atom stereocenters. The van der Waals surface area contributed by atoms with E-state index in [1.54, 1.807) is 11.8 Å². The molecular weight excluding hydrogens is 244 g/mol. The lowest BCUT2D eigenvalue weighted by Gasteiger charge is -2.11. The van der Waals surface area contributed by atoms with Crippen molar-refractivity contribution in [2.45, 2.75) is 30.8 Å². The number of hydrogen-bond acceptors (Lipinski definition) is 4. The lowest BCUT2D eigenvalue weighted by atomic mass is 10.4. The molecule has 0 saturated carbocycles. The molecule has 0 radical (unpaired) electrons. The highest BCUT2D eigenvalue weighted by atomic mass is 32.2. The number of carbonyl (C=O) groups is 1. The Morgan fingerprint density at radius 3 is 2.94 bits per heavy atom. The summed E-state index contributed by atoms with van der Waals surface area (Å²) >= 11 is 3.06. The van der Waals surface area contributed by atoms with Crippen LogP contribution in [0.1, 0.15) is 12.6 Å². The summed E-state index contributed by atoms with van der Waals surface area (Å²) in [4.78, 5) is 14.8. The second-order valence-electron chi connectivity index (χ2n) is 3.55. The summed E-state index contributed by atoms with van der Waals surface area (Å²) in [5, 5.41) is 9.93. The number of imidazole rings is 1. The number of aliphatic carboxylic acids is 1. The lowest BCUT2D eigenvalue weighted by molar-refractivity contribution is -0.133. The van der Waals surface area contributed by atoms with E-state index in [1.807, 2.05) is 17.7 Å². The molecule has 4 nitrogen and oxygen atoms in total. The quantitative estimate of drug-likeness (QED) is 0.794. The fourth-order valence-corrected chi connectivity index (χ4v) is 2.31. The summed E-state index contributed by atoms with van der Waals surface area (Å²) in [6, 6.07) is 0. The molecule has 0 aliphatic heterocycles. The van der Waals surface area contributed by atoms with Gasteiger partial charge in [0, 0.05) is 18.0 Å². The molecule has 0 spiro atoms. The molecule has 0 amide bonds. The minimum absolute atomic E-state index is 0.0596. The molecular formula is C10H16N2O2S2. The van der Waals surface area contributed by atoms with E-state index in [1.165, 1.54) is 11.8 Å². The predicted octanol–water partition coefficient (Wildman–Crippen LogP) is 2.12. The maximum atomic E-state index is 10.5. The van der Waals surface area contributed by atoms with Crippen molar-refractivity contribution in [3.05, 3.63) is 11.9 Å². The van der Waals surface area contributed by atoms with E-state index in [4.69, 9.17) is 5.11 Å². The smallest absolute Gasteiger partial charge is 0.313 e. The van der Waals surface area contributed by atoms with E-state index in [2.05, 4.69) is 18.2 Å². The Balaban J connectivity index is 2.70. The van der Waals surface area contributed by atoms with E-state index in [-0.39, 0.29) is 5.75 Å². The van der Waals surface area contributed by atoms with E-state index in [9.17, 15) is 4.79 Å². The molecule has 1 unspecified atom stereocenters. The molecule has 1 heterocycles. The number of carboxylic acids is 1. The lowest BCUT2D eigenvalue weighted by Crippen LogP contribution is -2.10. The third-order valence-corrected chi connectivity index (χ3v) is 3.97. The summed E-state index contributed by atoms with van der Waals surface area (Å²) in [6.07, 6.45) is 4.04. The van der Waals surface area contributed by atoms with Crippen molar-refractivity contribution in [1.29, 1.82) is 0 Å². The number of nitrogens with zero attached hydrogens (tertiary/aromatic N) is 2. The maximum absolute atomic E-state index is 10.5. The van der Waals surface area contributed by atoms with Gasteiger partial charge in [0.25, 0.3) is 0 Å². The van der Waals surface area contributed by atoms with Gasteiger partial charge in [-0.25, -0.2) is 4.98 Å². The minimum atomic E-state index is -0.810. The Kier molecular flexibility index (Phi) is 5.21. The molecule has 0 aliphatic carbocycles. The van der Waals surface area contributed by atoms with Crippen LogP contribution < -0.4 is 0 Å². The van der Waals surface area contributed by atoms with Gasteiger partial charge in [-0.1, -0.05) is 18.7 Å². The topological polar surface area (TPSA) is 55.1 Å². The highest BCUT2D eigenvalue weighted by Gasteiger charge is 2.10. The number of thioether (sulfide) groups is 2. The van der Waals surface area contributed by atoms with Crippen LogP contribution in [0.15, 0.2) is 11.4 Å². The van der Waals surface area contributed by atoms with E-state index >= 15 is 0 Å². The molecule has 16 heavy (non-hydrogen) atoms. The van der Waals surface area contributed by atoms with Gasteiger partial charge in [-0.2, -0.15) is 11.8 Å². The standard InChI is InChI=1S/C10H16N2O2S2/c1-7-4-12(5-8(2)15-3)10(11-7)16-6-9(13)14/h4,8H,5-6H2,1-3H3,(H,13,14). The largest absolute Gasteiger partial charge is 0.481 e. The van der Waals surface area contributed by atoms with Crippen molar-refractivity contribution in [3.63, 3.8) is 0 Å². The zero-order valence-electron chi connectivity index (χ0n) is 9.64. The summed E-state index contributed by atoms with van der Waals surface area (Å²) in [7, 11) is 0. The van der Waals surface area contributed by atoms with Crippen molar-refractivity contribution < 1.29 is 9.90 Å². The number of carboxylic acid groups (broad SMARTS) is 1. The number of rotatable bonds is 6. The van der Waals surface area contributed by atoms with Crippen LogP contribution in [-0.2, 0) is 11.3 Å². The van der Waals surface area contributed by atoms with Crippen LogP contribution in [0.5, 0.6) is 0 Å². The molecule has 0 fully saturated rings. The Hall–Kier alpha value is -0.620. The van der Waals surface area contributed by atoms with Gasteiger partial charge in [-0.05, 0) is 13.2 Å². The van der Waals surface area contributed by atoms with Gasteiger partial charge < -0.3 is 9.67 Å². The van der Waals surface area contributed by atoms with E-state index in [0.717, 1.165) is 17.4 Å². The molecule has 0 aliphatic rings. The fraction of sp³-hybridized carbons (Fsp3) is 0.600. The van der Waals surface area contributed by atoms with Crippen LogP contribution in [0, 0.1) is 6.92 Å². The van der Waals surface area contributed by atoms with Crippen LogP contribution in [0.25, 0.3) is 0 Å². The van der Waals surface area contributed by atoms with Gasteiger partial charge in [-0.3, -0.25) is 4.79 Å². The predicted molar refractivity (Wildman–Crippen MR) is 68.3 cm³/mol. The molecule has 0 bridgehead atoms. The first-order chi connectivity index (χ1) is 7.52. The molecule has 1 aromatic rings. The Bertz CT molecular complexity index is 366. The number of aryl methyl sites for hydroxylation is 1. The van der Waals surface area contributed by atoms with Crippen molar-refractivity contribution >= 4 is 29.5 Å². The molecule has 1 rings (SSSR count). The maximum Gasteiger partial charge on any atom is 0.313 e. The average Bonchev–Trinajstić information content (AvgIpc) is 2.55. The summed E-state index contributed by atoms with van der Waals surface area (Å²) in [5.74, 6) is -0.750.